The molecule has 0 saturated carbocycles. The van der Waals surface area contributed by atoms with Gasteiger partial charge >= 0.3 is 0 Å². The van der Waals surface area contributed by atoms with Crippen molar-refractivity contribution in [2.24, 2.45) is 5.92 Å². The minimum absolute atomic E-state index is 0.0344. The quantitative estimate of drug-likeness (QED) is 0.748. The summed E-state index contributed by atoms with van der Waals surface area (Å²) >= 11 is 12.0. The topological polar surface area (TPSA) is 66.5 Å². The number of sulfonamides is 1. The summed E-state index contributed by atoms with van der Waals surface area (Å²) in [6.07, 6.45) is 1.92. The van der Waals surface area contributed by atoms with Gasteiger partial charge in [-0.2, -0.15) is 0 Å². The van der Waals surface area contributed by atoms with Crippen molar-refractivity contribution in [2.75, 3.05) is 24.7 Å². The van der Waals surface area contributed by atoms with E-state index in [0.29, 0.717) is 28.2 Å². The fraction of sp³-hybridized carbons (Fsp3) is 0.533. The van der Waals surface area contributed by atoms with E-state index in [2.05, 4.69) is 5.32 Å². The lowest BCUT2D eigenvalue weighted by Crippen LogP contribution is -2.34. The Balaban J connectivity index is 2.65. The number of halogens is 2. The maximum absolute atomic E-state index is 12.0. The highest BCUT2D eigenvalue weighted by Crippen LogP contribution is 2.29. The van der Waals surface area contributed by atoms with E-state index in [9.17, 15) is 13.2 Å². The van der Waals surface area contributed by atoms with Crippen LogP contribution in [0, 0.1) is 5.92 Å². The number of benzene rings is 1. The van der Waals surface area contributed by atoms with Crippen LogP contribution in [0.15, 0.2) is 18.2 Å². The van der Waals surface area contributed by atoms with Crippen LogP contribution in [0.2, 0.25) is 10.0 Å². The van der Waals surface area contributed by atoms with Gasteiger partial charge < -0.3 is 5.32 Å². The van der Waals surface area contributed by atoms with Crippen molar-refractivity contribution in [1.82, 2.24) is 4.31 Å². The van der Waals surface area contributed by atoms with Crippen LogP contribution in [-0.4, -0.2) is 38.0 Å². The lowest BCUT2D eigenvalue weighted by atomic mass is 10.1. The normalized spacial score (nSPS) is 12.0. The molecule has 0 spiro atoms. The minimum atomic E-state index is -3.34. The van der Waals surface area contributed by atoms with E-state index < -0.39 is 10.0 Å². The Morgan fingerprint density at radius 2 is 1.78 bits per heavy atom. The van der Waals surface area contributed by atoms with E-state index in [1.807, 2.05) is 13.8 Å². The third-order valence-electron chi connectivity index (χ3n) is 3.24. The van der Waals surface area contributed by atoms with Crippen LogP contribution in [0.3, 0.4) is 0 Å². The maximum Gasteiger partial charge on any atom is 0.225 e. The molecule has 0 heterocycles. The summed E-state index contributed by atoms with van der Waals surface area (Å²) in [7, 11) is -3.34. The van der Waals surface area contributed by atoms with Crippen molar-refractivity contribution >= 4 is 44.8 Å². The number of para-hydroxylation sites is 1. The first-order valence-electron chi connectivity index (χ1n) is 7.30. The molecule has 1 N–H and O–H groups in total. The lowest BCUT2D eigenvalue weighted by Gasteiger charge is -2.20. The molecule has 8 heteroatoms. The van der Waals surface area contributed by atoms with E-state index >= 15 is 0 Å². The predicted molar refractivity (Wildman–Crippen MR) is 95.6 cm³/mol. The predicted octanol–water partition coefficient (Wildman–Crippen LogP) is 3.63. The number of nitrogens with zero attached hydrogens (tertiary/aromatic N) is 1. The summed E-state index contributed by atoms with van der Waals surface area (Å²) < 4.78 is 24.9. The second-order valence-corrected chi connectivity index (χ2v) is 8.54. The van der Waals surface area contributed by atoms with Crippen LogP contribution in [0.5, 0.6) is 0 Å². The van der Waals surface area contributed by atoms with E-state index in [-0.39, 0.29) is 18.9 Å². The van der Waals surface area contributed by atoms with Gasteiger partial charge in [-0.25, -0.2) is 12.7 Å². The molecule has 0 aliphatic carbocycles. The zero-order valence-electron chi connectivity index (χ0n) is 13.5. The monoisotopic (exact) mass is 380 g/mol. The molecule has 0 aliphatic heterocycles. The largest absolute Gasteiger partial charge is 0.324 e. The molecule has 0 unspecified atom stereocenters. The van der Waals surface area contributed by atoms with Crippen molar-refractivity contribution in [3.8, 4) is 0 Å². The smallest absolute Gasteiger partial charge is 0.225 e. The fourth-order valence-corrected chi connectivity index (χ4v) is 3.24. The van der Waals surface area contributed by atoms with Crippen LogP contribution in [-0.2, 0) is 14.8 Å². The van der Waals surface area contributed by atoms with Crippen LogP contribution < -0.4 is 5.32 Å². The summed E-state index contributed by atoms with van der Waals surface area (Å²) in [6.45, 7) is 4.56. The molecule has 23 heavy (non-hydrogen) atoms. The van der Waals surface area contributed by atoms with Crippen molar-refractivity contribution in [3.63, 3.8) is 0 Å². The molecule has 1 aromatic rings. The summed E-state index contributed by atoms with van der Waals surface area (Å²) in [5.41, 5.74) is 0.342. The zero-order valence-corrected chi connectivity index (χ0v) is 15.8. The number of nitrogens with one attached hydrogen (secondary N) is 1. The Kier molecular flexibility index (Phi) is 7.80. The van der Waals surface area contributed by atoms with Gasteiger partial charge in [0, 0.05) is 19.5 Å². The Morgan fingerprint density at radius 1 is 1.22 bits per heavy atom. The number of carbonyl (C=O) groups is 1. The SMILES string of the molecule is CC(C)CCN(CCC(=O)Nc1c(Cl)cccc1Cl)S(C)(=O)=O. The third-order valence-corrected chi connectivity index (χ3v) is 5.17. The number of hydrogen-bond acceptors (Lipinski definition) is 3. The molecule has 0 radical (unpaired) electrons. The van der Waals surface area contributed by atoms with E-state index in [1.165, 1.54) is 4.31 Å². The number of carbonyl (C=O) groups excluding carboxylic acids is 1. The molecule has 0 aromatic heterocycles. The first-order chi connectivity index (χ1) is 10.6. The number of hydrogen-bond donors (Lipinski definition) is 1. The van der Waals surface area contributed by atoms with Gasteiger partial charge in [0.2, 0.25) is 15.9 Å². The van der Waals surface area contributed by atoms with Crippen molar-refractivity contribution in [2.45, 2.75) is 26.7 Å². The highest BCUT2D eigenvalue weighted by molar-refractivity contribution is 7.88. The average Bonchev–Trinajstić information content (AvgIpc) is 2.41. The summed E-state index contributed by atoms with van der Waals surface area (Å²) in [5.74, 6) is 0.0493. The lowest BCUT2D eigenvalue weighted by molar-refractivity contribution is -0.116. The molecule has 130 valence electrons. The molecular weight excluding hydrogens is 359 g/mol. The molecule has 0 aliphatic rings. The Bertz CT molecular complexity index is 628. The Morgan fingerprint density at radius 3 is 2.26 bits per heavy atom. The van der Waals surface area contributed by atoms with Crippen LogP contribution in [0.4, 0.5) is 5.69 Å². The van der Waals surface area contributed by atoms with Crippen LogP contribution >= 0.6 is 23.2 Å². The van der Waals surface area contributed by atoms with E-state index in [1.54, 1.807) is 18.2 Å². The average molecular weight is 381 g/mol. The van der Waals surface area contributed by atoms with E-state index in [4.69, 9.17) is 23.2 Å². The van der Waals surface area contributed by atoms with Gasteiger partial charge in [0.25, 0.3) is 0 Å². The first kappa shape index (κ1) is 20.2. The molecule has 0 atom stereocenters. The second kappa shape index (κ2) is 8.87. The molecule has 0 saturated heterocycles. The molecule has 1 amide bonds. The number of amides is 1. The van der Waals surface area contributed by atoms with Gasteiger partial charge in [0.1, 0.15) is 0 Å². The van der Waals surface area contributed by atoms with Crippen molar-refractivity contribution in [1.29, 1.82) is 0 Å². The summed E-state index contributed by atoms with van der Waals surface area (Å²) in [6, 6.07) is 4.92. The zero-order chi connectivity index (χ0) is 17.6. The first-order valence-corrected chi connectivity index (χ1v) is 9.90. The fourth-order valence-electron chi connectivity index (χ4n) is 1.89. The van der Waals surface area contributed by atoms with Gasteiger partial charge in [-0.15, -0.1) is 0 Å². The highest BCUT2D eigenvalue weighted by Gasteiger charge is 2.18. The highest BCUT2D eigenvalue weighted by atomic mass is 35.5. The third kappa shape index (κ3) is 7.08. The van der Waals surface area contributed by atoms with Gasteiger partial charge in [-0.05, 0) is 24.5 Å². The van der Waals surface area contributed by atoms with Gasteiger partial charge in [0.15, 0.2) is 0 Å². The van der Waals surface area contributed by atoms with E-state index in [0.717, 1.165) is 12.7 Å². The second-order valence-electron chi connectivity index (χ2n) is 5.74. The summed E-state index contributed by atoms with van der Waals surface area (Å²) in [5, 5.41) is 3.30. The summed E-state index contributed by atoms with van der Waals surface area (Å²) in [4.78, 5) is 12.0. The molecule has 0 fully saturated rings. The van der Waals surface area contributed by atoms with Crippen molar-refractivity contribution in [3.05, 3.63) is 28.2 Å². The molecular formula is C15H22Cl2N2O3S. The van der Waals surface area contributed by atoms with Gasteiger partial charge in [-0.1, -0.05) is 43.1 Å². The molecule has 0 bridgehead atoms. The minimum Gasteiger partial charge on any atom is -0.324 e. The maximum atomic E-state index is 12.0. The van der Waals surface area contributed by atoms with Gasteiger partial charge in [-0.3, -0.25) is 4.79 Å². The number of anilines is 1. The molecule has 5 nitrogen and oxygen atoms in total. The van der Waals surface area contributed by atoms with Gasteiger partial charge in [0.05, 0.1) is 22.0 Å². The standard InChI is InChI=1S/C15H22Cl2N2O3S/c1-11(2)7-9-19(23(3,21)22)10-8-14(20)18-15-12(16)5-4-6-13(15)17/h4-6,11H,7-10H2,1-3H3,(H,18,20). The van der Waals surface area contributed by atoms with Crippen molar-refractivity contribution < 1.29 is 13.2 Å². The van der Waals surface area contributed by atoms with Crippen LogP contribution in [0.25, 0.3) is 0 Å². The number of rotatable bonds is 8. The molecule has 1 aromatic carbocycles. The van der Waals surface area contributed by atoms with Crippen LogP contribution in [0.1, 0.15) is 26.7 Å². The molecule has 1 rings (SSSR count). The Hall–Kier alpha value is -0.820. The Labute approximate surface area is 148 Å².